The molecule has 6 heteroatoms. The number of likely N-dealkylation sites (N-methyl/N-ethyl adjacent to an activating group) is 1. The molecule has 14 heavy (non-hydrogen) atoms. The second-order valence-electron chi connectivity index (χ2n) is 3.48. The van der Waals surface area contributed by atoms with Crippen LogP contribution in [0.2, 0.25) is 0 Å². The van der Waals surface area contributed by atoms with Crippen molar-refractivity contribution in [1.82, 2.24) is 4.90 Å². The third-order valence-electron chi connectivity index (χ3n) is 2.57. The van der Waals surface area contributed by atoms with Crippen LogP contribution in [-0.2, 0) is 0 Å². The molecular formula is C8H15F3N2S. The Kier molecular flexibility index (Phi) is 4.09. The van der Waals surface area contributed by atoms with E-state index in [0.29, 0.717) is 0 Å². The third-order valence-corrected chi connectivity index (χ3v) is 3.72. The van der Waals surface area contributed by atoms with Gasteiger partial charge in [-0.15, -0.1) is 0 Å². The van der Waals surface area contributed by atoms with Gasteiger partial charge >= 0.3 is 6.18 Å². The summed E-state index contributed by atoms with van der Waals surface area (Å²) in [5.41, 5.74) is 5.16. The summed E-state index contributed by atoms with van der Waals surface area (Å²) in [5.74, 6) is 1.73. The smallest absolute Gasteiger partial charge is 0.329 e. The van der Waals surface area contributed by atoms with Gasteiger partial charge in [-0.25, -0.2) is 0 Å². The molecule has 1 saturated heterocycles. The van der Waals surface area contributed by atoms with E-state index in [1.54, 1.807) is 11.8 Å². The molecule has 2 N–H and O–H groups in total. The van der Waals surface area contributed by atoms with Crippen molar-refractivity contribution in [2.75, 3.05) is 25.1 Å². The molecular weight excluding hydrogens is 213 g/mol. The molecule has 1 fully saturated rings. The van der Waals surface area contributed by atoms with Crippen molar-refractivity contribution in [3.63, 3.8) is 0 Å². The number of nitrogens with zero attached hydrogens (tertiary/aromatic N) is 1. The topological polar surface area (TPSA) is 29.3 Å². The fourth-order valence-corrected chi connectivity index (χ4v) is 2.91. The molecule has 1 aliphatic heterocycles. The van der Waals surface area contributed by atoms with E-state index < -0.39 is 12.2 Å². The minimum absolute atomic E-state index is 0.0233. The van der Waals surface area contributed by atoms with E-state index in [1.165, 1.54) is 11.9 Å². The van der Waals surface area contributed by atoms with Crippen molar-refractivity contribution in [1.29, 1.82) is 0 Å². The van der Waals surface area contributed by atoms with E-state index in [1.807, 2.05) is 0 Å². The van der Waals surface area contributed by atoms with Crippen LogP contribution in [0.5, 0.6) is 0 Å². The largest absolute Gasteiger partial charge is 0.405 e. The Balaban J connectivity index is 2.59. The standard InChI is InChI=1S/C8H15F3N2S/c1-13(6-2-3-14-5-6)7(4-12)8(9,10)11/h6-7H,2-5,12H2,1H3. The predicted molar refractivity (Wildman–Crippen MR) is 52.4 cm³/mol. The first kappa shape index (κ1) is 12.1. The van der Waals surface area contributed by atoms with Gasteiger partial charge in [0.25, 0.3) is 0 Å². The average Bonchev–Trinajstić information content (AvgIpc) is 2.53. The minimum atomic E-state index is -4.21. The lowest BCUT2D eigenvalue weighted by Crippen LogP contribution is -2.52. The highest BCUT2D eigenvalue weighted by Crippen LogP contribution is 2.29. The molecule has 1 rings (SSSR count). The third kappa shape index (κ3) is 2.77. The molecule has 1 heterocycles. The first-order chi connectivity index (χ1) is 6.46. The van der Waals surface area contributed by atoms with Crippen LogP contribution < -0.4 is 5.73 Å². The molecule has 1 aliphatic rings. The Morgan fingerprint density at radius 1 is 1.57 bits per heavy atom. The van der Waals surface area contributed by atoms with Crippen LogP contribution in [0.1, 0.15) is 6.42 Å². The van der Waals surface area contributed by atoms with Crippen LogP contribution in [0, 0.1) is 0 Å². The van der Waals surface area contributed by atoms with Gasteiger partial charge in [0.15, 0.2) is 0 Å². The lowest BCUT2D eigenvalue weighted by molar-refractivity contribution is -0.181. The first-order valence-corrected chi connectivity index (χ1v) is 5.68. The highest BCUT2D eigenvalue weighted by molar-refractivity contribution is 7.99. The second kappa shape index (κ2) is 4.72. The molecule has 0 aromatic carbocycles. The summed E-state index contributed by atoms with van der Waals surface area (Å²) in [6, 6.07) is -1.47. The van der Waals surface area contributed by atoms with E-state index in [-0.39, 0.29) is 12.6 Å². The summed E-state index contributed by atoms with van der Waals surface area (Å²) in [5, 5.41) is 0. The van der Waals surface area contributed by atoms with Crippen molar-refractivity contribution < 1.29 is 13.2 Å². The number of hydrogen-bond donors (Lipinski definition) is 1. The van der Waals surface area contributed by atoms with Crippen molar-refractivity contribution in [3.05, 3.63) is 0 Å². The Morgan fingerprint density at radius 3 is 2.57 bits per heavy atom. The van der Waals surface area contributed by atoms with Gasteiger partial charge in [-0.1, -0.05) is 0 Å². The quantitative estimate of drug-likeness (QED) is 0.790. The molecule has 0 aromatic heterocycles. The van der Waals surface area contributed by atoms with E-state index in [0.717, 1.165) is 17.9 Å². The van der Waals surface area contributed by atoms with Gasteiger partial charge in [0.2, 0.25) is 0 Å². The summed E-state index contributed by atoms with van der Waals surface area (Å²) in [4.78, 5) is 1.38. The van der Waals surface area contributed by atoms with Crippen LogP contribution in [0.15, 0.2) is 0 Å². The number of halogens is 3. The monoisotopic (exact) mass is 228 g/mol. The number of rotatable bonds is 3. The Hall–Kier alpha value is 0.0600. The number of alkyl halides is 3. The molecule has 2 atom stereocenters. The van der Waals surface area contributed by atoms with Gasteiger partial charge in [0.05, 0.1) is 0 Å². The zero-order chi connectivity index (χ0) is 10.8. The van der Waals surface area contributed by atoms with Crippen LogP contribution in [0.3, 0.4) is 0 Å². The number of nitrogens with two attached hydrogens (primary N) is 1. The van der Waals surface area contributed by atoms with Crippen LogP contribution >= 0.6 is 11.8 Å². The van der Waals surface area contributed by atoms with Crippen molar-refractivity contribution >= 4 is 11.8 Å². The molecule has 2 nitrogen and oxygen atoms in total. The zero-order valence-corrected chi connectivity index (χ0v) is 8.87. The van der Waals surface area contributed by atoms with Gasteiger partial charge in [-0.05, 0) is 19.2 Å². The summed E-state index contributed by atoms with van der Waals surface area (Å²) < 4.78 is 37.5. The first-order valence-electron chi connectivity index (χ1n) is 4.53. The molecule has 0 saturated carbocycles. The summed E-state index contributed by atoms with van der Waals surface area (Å²) >= 11 is 1.70. The van der Waals surface area contributed by atoms with Gasteiger partial charge < -0.3 is 5.73 Å². The van der Waals surface area contributed by atoms with E-state index in [2.05, 4.69) is 0 Å². The highest BCUT2D eigenvalue weighted by atomic mass is 32.2. The van der Waals surface area contributed by atoms with Crippen molar-refractivity contribution in [3.8, 4) is 0 Å². The van der Waals surface area contributed by atoms with Gasteiger partial charge in [-0.3, -0.25) is 4.90 Å². The maximum absolute atomic E-state index is 12.5. The van der Waals surface area contributed by atoms with Crippen LogP contribution in [0.4, 0.5) is 13.2 Å². The lowest BCUT2D eigenvalue weighted by Gasteiger charge is -2.33. The van der Waals surface area contributed by atoms with E-state index >= 15 is 0 Å². The lowest BCUT2D eigenvalue weighted by atomic mass is 10.1. The number of thioether (sulfide) groups is 1. The SMILES string of the molecule is CN(C1CCSC1)C(CN)C(F)(F)F. The van der Waals surface area contributed by atoms with Crippen molar-refractivity contribution in [2.45, 2.75) is 24.7 Å². The van der Waals surface area contributed by atoms with Gasteiger partial charge in [-0.2, -0.15) is 24.9 Å². The second-order valence-corrected chi connectivity index (χ2v) is 4.63. The van der Waals surface area contributed by atoms with Crippen LogP contribution in [-0.4, -0.2) is 48.3 Å². The van der Waals surface area contributed by atoms with Gasteiger partial charge in [0, 0.05) is 18.3 Å². The molecule has 2 unspecified atom stereocenters. The van der Waals surface area contributed by atoms with E-state index in [9.17, 15) is 13.2 Å². The predicted octanol–water partition coefficient (Wildman–Crippen LogP) is 1.31. The summed E-state index contributed by atoms with van der Waals surface area (Å²) in [6.07, 6.45) is -3.38. The minimum Gasteiger partial charge on any atom is -0.329 e. The molecule has 0 aliphatic carbocycles. The molecule has 0 bridgehead atoms. The maximum atomic E-state index is 12.5. The fourth-order valence-electron chi connectivity index (χ4n) is 1.63. The Morgan fingerprint density at radius 2 is 2.21 bits per heavy atom. The Labute approximate surface area is 86.0 Å². The zero-order valence-electron chi connectivity index (χ0n) is 8.05. The highest BCUT2D eigenvalue weighted by Gasteiger charge is 2.43. The molecule has 0 radical (unpaired) electrons. The van der Waals surface area contributed by atoms with Crippen molar-refractivity contribution in [2.24, 2.45) is 5.73 Å². The van der Waals surface area contributed by atoms with Gasteiger partial charge in [0.1, 0.15) is 6.04 Å². The summed E-state index contributed by atoms with van der Waals surface area (Å²) in [6.45, 7) is -0.360. The number of hydrogen-bond acceptors (Lipinski definition) is 3. The fraction of sp³-hybridized carbons (Fsp3) is 1.00. The van der Waals surface area contributed by atoms with E-state index in [4.69, 9.17) is 5.73 Å². The normalized spacial score (nSPS) is 25.7. The molecule has 0 spiro atoms. The Bertz CT molecular complexity index is 180. The molecule has 0 amide bonds. The maximum Gasteiger partial charge on any atom is 0.405 e. The average molecular weight is 228 g/mol. The molecule has 0 aromatic rings. The summed E-state index contributed by atoms with van der Waals surface area (Å²) in [7, 11) is 1.52. The van der Waals surface area contributed by atoms with Crippen LogP contribution in [0.25, 0.3) is 0 Å². The molecule has 84 valence electrons.